The molecule has 0 radical (unpaired) electrons. The van der Waals surface area contributed by atoms with Crippen molar-refractivity contribution in [2.75, 3.05) is 16.0 Å². The highest BCUT2D eigenvalue weighted by molar-refractivity contribution is 7.91. The summed E-state index contributed by atoms with van der Waals surface area (Å²) >= 11 is 5.56. The summed E-state index contributed by atoms with van der Waals surface area (Å²) in [6, 6.07) is 7.32. The van der Waals surface area contributed by atoms with Crippen LogP contribution in [0.2, 0.25) is 5.02 Å². The fraction of sp³-hybridized carbons (Fsp3) is 0.364. The molecule has 11 heteroatoms. The van der Waals surface area contributed by atoms with Gasteiger partial charge in [0.05, 0.1) is 21.2 Å². The van der Waals surface area contributed by atoms with Crippen molar-refractivity contribution in [1.29, 1.82) is 0 Å². The van der Waals surface area contributed by atoms with Gasteiger partial charge in [-0.3, -0.25) is 9.59 Å². The molecule has 0 unspecified atom stereocenters. The molecule has 178 valence electrons. The molecule has 1 heterocycles. The minimum atomic E-state index is -4.69. The molecule has 2 aromatic carbocycles. The van der Waals surface area contributed by atoms with Crippen LogP contribution in [0.3, 0.4) is 0 Å². The van der Waals surface area contributed by atoms with E-state index in [9.17, 15) is 31.2 Å². The summed E-state index contributed by atoms with van der Waals surface area (Å²) in [7, 11) is -3.83. The number of anilines is 2. The topological polar surface area (TPSA) is 83.6 Å². The molecule has 0 saturated heterocycles. The fourth-order valence-corrected chi connectivity index (χ4v) is 5.25. The lowest BCUT2D eigenvalue weighted by molar-refractivity contribution is -0.137. The SMILES string of the molecule is CCC(=O)N1c2ccc(S(=O)(=O)CCC(=O)Nc3ccc(Cl)c(C(F)(F)F)c3)cc2C[C@@H]1C. The number of alkyl halides is 3. The number of nitrogens with zero attached hydrogens (tertiary/aromatic N) is 1. The number of fused-ring (bicyclic) bond motifs is 1. The van der Waals surface area contributed by atoms with Gasteiger partial charge in [-0.15, -0.1) is 0 Å². The Kier molecular flexibility index (Phi) is 7.09. The molecule has 1 atom stereocenters. The minimum Gasteiger partial charge on any atom is -0.326 e. The van der Waals surface area contributed by atoms with E-state index in [0.29, 0.717) is 24.6 Å². The highest BCUT2D eigenvalue weighted by atomic mass is 35.5. The van der Waals surface area contributed by atoms with Gasteiger partial charge in [-0.1, -0.05) is 18.5 Å². The molecule has 0 bridgehead atoms. The van der Waals surface area contributed by atoms with Crippen LogP contribution in [0.5, 0.6) is 0 Å². The summed E-state index contributed by atoms with van der Waals surface area (Å²) < 4.78 is 64.4. The zero-order valence-electron chi connectivity index (χ0n) is 17.9. The average Bonchev–Trinajstić information content (AvgIpc) is 3.07. The maximum absolute atomic E-state index is 13.0. The van der Waals surface area contributed by atoms with Crippen LogP contribution >= 0.6 is 11.6 Å². The van der Waals surface area contributed by atoms with Gasteiger partial charge < -0.3 is 10.2 Å². The molecule has 0 saturated carbocycles. The van der Waals surface area contributed by atoms with Crippen LogP contribution in [0.15, 0.2) is 41.3 Å². The van der Waals surface area contributed by atoms with Crippen LogP contribution in [0.4, 0.5) is 24.5 Å². The lowest BCUT2D eigenvalue weighted by Crippen LogP contribution is -2.35. The highest BCUT2D eigenvalue weighted by Gasteiger charge is 2.34. The van der Waals surface area contributed by atoms with E-state index in [1.54, 1.807) is 17.9 Å². The standard InChI is InChI=1S/C22H22ClF3N2O4S/c1-3-21(30)28-13(2)10-14-11-16(5-7-19(14)28)33(31,32)9-8-20(29)27-15-4-6-18(23)17(12-15)22(24,25)26/h4-7,11-13H,3,8-10H2,1-2H3,(H,27,29)/t13-/m0/s1. The van der Waals surface area contributed by atoms with Gasteiger partial charge >= 0.3 is 6.18 Å². The first-order chi connectivity index (χ1) is 15.3. The van der Waals surface area contributed by atoms with Crippen LogP contribution in [-0.4, -0.2) is 32.0 Å². The van der Waals surface area contributed by atoms with E-state index in [1.807, 2.05) is 6.92 Å². The molecule has 1 aliphatic rings. The lowest BCUT2D eigenvalue weighted by Gasteiger charge is -2.22. The van der Waals surface area contributed by atoms with Crippen molar-refractivity contribution >= 4 is 44.6 Å². The van der Waals surface area contributed by atoms with Crippen molar-refractivity contribution in [3.63, 3.8) is 0 Å². The third-order valence-corrected chi connectivity index (χ3v) is 7.39. The predicted molar refractivity (Wildman–Crippen MR) is 119 cm³/mol. The number of rotatable bonds is 6. The van der Waals surface area contributed by atoms with Gasteiger partial charge in [0, 0.05) is 30.3 Å². The molecule has 0 aromatic heterocycles. The molecule has 6 nitrogen and oxygen atoms in total. The molecule has 0 fully saturated rings. The number of nitrogens with one attached hydrogen (secondary N) is 1. The minimum absolute atomic E-state index is 0.0258. The van der Waals surface area contributed by atoms with Gasteiger partial charge in [0.2, 0.25) is 11.8 Å². The Morgan fingerprint density at radius 1 is 1.18 bits per heavy atom. The monoisotopic (exact) mass is 502 g/mol. The Labute approximate surface area is 194 Å². The summed E-state index contributed by atoms with van der Waals surface area (Å²) in [5, 5.41) is 1.77. The summed E-state index contributed by atoms with van der Waals surface area (Å²) in [5.74, 6) is -1.32. The number of amides is 2. The molecular weight excluding hydrogens is 481 g/mol. The Bertz CT molecular complexity index is 1200. The maximum Gasteiger partial charge on any atom is 0.417 e. The molecular formula is C22H22ClF3N2O4S. The number of carbonyl (C=O) groups excluding carboxylic acids is 2. The summed E-state index contributed by atoms with van der Waals surface area (Å²) in [6.07, 6.45) is -4.29. The lowest BCUT2D eigenvalue weighted by atomic mass is 10.1. The van der Waals surface area contributed by atoms with Crippen molar-refractivity contribution in [1.82, 2.24) is 0 Å². The van der Waals surface area contributed by atoms with Gasteiger partial charge in [-0.25, -0.2) is 8.42 Å². The van der Waals surface area contributed by atoms with Crippen molar-refractivity contribution < 1.29 is 31.2 Å². The number of benzene rings is 2. The Balaban J connectivity index is 1.69. The average molecular weight is 503 g/mol. The summed E-state index contributed by atoms with van der Waals surface area (Å²) in [6.45, 7) is 3.64. The second kappa shape index (κ2) is 9.34. The zero-order chi connectivity index (χ0) is 24.6. The van der Waals surface area contributed by atoms with Crippen LogP contribution < -0.4 is 10.2 Å². The Morgan fingerprint density at radius 3 is 2.52 bits per heavy atom. The van der Waals surface area contributed by atoms with Gasteiger partial charge in [-0.05, 0) is 55.3 Å². The third kappa shape index (κ3) is 5.50. The zero-order valence-corrected chi connectivity index (χ0v) is 19.4. The predicted octanol–water partition coefficient (Wildman–Crippen LogP) is 4.85. The van der Waals surface area contributed by atoms with E-state index >= 15 is 0 Å². The first-order valence-electron chi connectivity index (χ1n) is 10.2. The number of halogens is 4. The quantitative estimate of drug-likeness (QED) is 0.612. The largest absolute Gasteiger partial charge is 0.417 e. The Morgan fingerprint density at radius 2 is 1.88 bits per heavy atom. The van der Waals surface area contributed by atoms with Crippen molar-refractivity contribution in [3.8, 4) is 0 Å². The van der Waals surface area contributed by atoms with Gasteiger partial charge in [0.1, 0.15) is 0 Å². The van der Waals surface area contributed by atoms with Crippen molar-refractivity contribution in [2.24, 2.45) is 0 Å². The molecule has 2 amide bonds. The highest BCUT2D eigenvalue weighted by Crippen LogP contribution is 2.36. The second-order valence-electron chi connectivity index (χ2n) is 7.77. The van der Waals surface area contributed by atoms with Crippen LogP contribution in [0.1, 0.15) is 37.8 Å². The summed E-state index contributed by atoms with van der Waals surface area (Å²) in [5.41, 5.74) is 0.170. The molecule has 0 spiro atoms. The van der Waals surface area contributed by atoms with E-state index < -0.39 is 44.7 Å². The van der Waals surface area contributed by atoms with E-state index in [0.717, 1.165) is 11.6 Å². The second-order valence-corrected chi connectivity index (χ2v) is 10.3. The van der Waals surface area contributed by atoms with E-state index in [2.05, 4.69) is 5.32 Å². The van der Waals surface area contributed by atoms with E-state index in [1.165, 1.54) is 18.2 Å². The molecule has 0 aliphatic carbocycles. The number of sulfone groups is 1. The molecule has 1 N–H and O–H groups in total. The first-order valence-corrected chi connectivity index (χ1v) is 12.2. The number of carbonyl (C=O) groups is 2. The third-order valence-electron chi connectivity index (χ3n) is 5.35. The fourth-order valence-electron chi connectivity index (χ4n) is 3.74. The Hall–Kier alpha value is -2.59. The van der Waals surface area contributed by atoms with Crippen LogP contribution in [-0.2, 0) is 32.0 Å². The first kappa shape index (κ1) is 25.0. The molecule has 2 aromatic rings. The van der Waals surface area contributed by atoms with Crippen LogP contribution in [0, 0.1) is 0 Å². The van der Waals surface area contributed by atoms with Gasteiger partial charge in [0.25, 0.3) is 0 Å². The molecule has 1 aliphatic heterocycles. The smallest absolute Gasteiger partial charge is 0.326 e. The van der Waals surface area contributed by atoms with Crippen LogP contribution in [0.25, 0.3) is 0 Å². The van der Waals surface area contributed by atoms with E-state index in [-0.39, 0.29) is 22.5 Å². The van der Waals surface area contributed by atoms with Crippen molar-refractivity contribution in [3.05, 3.63) is 52.5 Å². The normalized spacial score (nSPS) is 15.9. The van der Waals surface area contributed by atoms with Crippen molar-refractivity contribution in [2.45, 2.75) is 50.2 Å². The van der Waals surface area contributed by atoms with E-state index in [4.69, 9.17) is 11.6 Å². The molecule has 3 rings (SSSR count). The number of hydrogen-bond acceptors (Lipinski definition) is 4. The molecule has 33 heavy (non-hydrogen) atoms. The summed E-state index contributed by atoms with van der Waals surface area (Å²) in [4.78, 5) is 26.0. The van der Waals surface area contributed by atoms with Gasteiger partial charge in [-0.2, -0.15) is 13.2 Å². The van der Waals surface area contributed by atoms with Gasteiger partial charge in [0.15, 0.2) is 9.84 Å². The maximum atomic E-state index is 13.0. The number of hydrogen-bond donors (Lipinski definition) is 1.